The van der Waals surface area contributed by atoms with E-state index in [1.807, 2.05) is 0 Å². The number of nitrogens with zero attached hydrogens (tertiary/aromatic N) is 1. The van der Waals surface area contributed by atoms with Crippen molar-refractivity contribution >= 4 is 27.5 Å². The molecule has 112 valence electrons. The number of halogens is 3. The van der Waals surface area contributed by atoms with Crippen molar-refractivity contribution in [3.63, 3.8) is 0 Å². The third-order valence-corrected chi connectivity index (χ3v) is 3.68. The maximum absolute atomic E-state index is 13.0. The first-order valence-electron chi connectivity index (χ1n) is 6.59. The lowest BCUT2D eigenvalue weighted by atomic mass is 10.3. The molecule has 0 unspecified atom stereocenters. The molecule has 6 heteroatoms. The smallest absolute Gasteiger partial charge is 0.219 e. The molecular weight excluding hydrogens is 359 g/mol. The second kappa shape index (κ2) is 7.73. The molecule has 0 spiro atoms. The van der Waals surface area contributed by atoms with E-state index in [-0.39, 0.29) is 5.82 Å². The van der Waals surface area contributed by atoms with Crippen molar-refractivity contribution in [2.75, 3.05) is 6.54 Å². The number of aromatic nitrogens is 1. The molecule has 1 heterocycles. The van der Waals surface area contributed by atoms with E-state index in [9.17, 15) is 4.39 Å². The monoisotopic (exact) mass is 372 g/mol. The minimum absolute atomic E-state index is 0.331. The fourth-order valence-corrected chi connectivity index (χ4v) is 2.30. The highest BCUT2D eigenvalue weighted by Gasteiger charge is 2.08. The summed E-state index contributed by atoms with van der Waals surface area (Å²) in [6.45, 7) is 3.56. The topological polar surface area (TPSA) is 34.2 Å². The summed E-state index contributed by atoms with van der Waals surface area (Å²) in [5.74, 6) is 0.585. The summed E-state index contributed by atoms with van der Waals surface area (Å²) in [5, 5.41) is 3.83. The van der Waals surface area contributed by atoms with Crippen LogP contribution >= 0.6 is 27.5 Å². The standard InChI is InChI=1S/C15H15BrClFN2O/c1-2-7-19-9-13-12(17)4-6-15(20-13)21-14-5-3-10(18)8-11(14)16/h3-6,8,19H,2,7,9H2,1H3. The highest BCUT2D eigenvalue weighted by atomic mass is 79.9. The van der Waals surface area contributed by atoms with Gasteiger partial charge in [-0.15, -0.1) is 0 Å². The highest BCUT2D eigenvalue weighted by molar-refractivity contribution is 9.10. The van der Waals surface area contributed by atoms with Crippen molar-refractivity contribution in [2.24, 2.45) is 0 Å². The Kier molecular flexibility index (Phi) is 5.96. The van der Waals surface area contributed by atoms with Gasteiger partial charge in [-0.25, -0.2) is 9.37 Å². The van der Waals surface area contributed by atoms with Gasteiger partial charge in [-0.1, -0.05) is 18.5 Å². The minimum Gasteiger partial charge on any atom is -0.438 e. The third-order valence-electron chi connectivity index (χ3n) is 2.72. The van der Waals surface area contributed by atoms with Gasteiger partial charge in [0.2, 0.25) is 5.88 Å². The molecule has 1 N–H and O–H groups in total. The molecule has 1 aromatic heterocycles. The normalized spacial score (nSPS) is 10.7. The molecule has 1 aromatic carbocycles. The second-order valence-electron chi connectivity index (χ2n) is 4.43. The van der Waals surface area contributed by atoms with E-state index in [4.69, 9.17) is 16.3 Å². The van der Waals surface area contributed by atoms with Crippen molar-refractivity contribution in [3.8, 4) is 11.6 Å². The molecule has 0 aliphatic carbocycles. The summed E-state index contributed by atoms with van der Waals surface area (Å²) in [4.78, 5) is 4.37. The fourth-order valence-electron chi connectivity index (χ4n) is 1.70. The predicted molar refractivity (Wildman–Crippen MR) is 85.4 cm³/mol. The molecule has 2 aromatic rings. The summed E-state index contributed by atoms with van der Waals surface area (Å²) in [5.41, 5.74) is 0.723. The van der Waals surface area contributed by atoms with Crippen LogP contribution < -0.4 is 10.1 Å². The van der Waals surface area contributed by atoms with Gasteiger partial charge in [-0.05, 0) is 53.2 Å². The molecule has 21 heavy (non-hydrogen) atoms. The van der Waals surface area contributed by atoms with Crippen LogP contribution in [0.2, 0.25) is 5.02 Å². The lowest BCUT2D eigenvalue weighted by molar-refractivity contribution is 0.455. The van der Waals surface area contributed by atoms with E-state index in [2.05, 4.69) is 33.2 Å². The molecule has 0 saturated heterocycles. The van der Waals surface area contributed by atoms with E-state index in [1.54, 1.807) is 18.2 Å². The van der Waals surface area contributed by atoms with Gasteiger partial charge >= 0.3 is 0 Å². The molecule has 0 amide bonds. The number of pyridine rings is 1. The summed E-state index contributed by atoms with van der Waals surface area (Å²) in [7, 11) is 0. The molecule has 0 saturated carbocycles. The first-order chi connectivity index (χ1) is 10.1. The van der Waals surface area contributed by atoms with E-state index >= 15 is 0 Å². The Morgan fingerprint density at radius 3 is 2.86 bits per heavy atom. The second-order valence-corrected chi connectivity index (χ2v) is 5.69. The Hall–Kier alpha value is -1.17. The van der Waals surface area contributed by atoms with Crippen molar-refractivity contribution in [1.29, 1.82) is 0 Å². The van der Waals surface area contributed by atoms with Crippen molar-refractivity contribution in [1.82, 2.24) is 10.3 Å². The number of benzene rings is 1. The molecule has 0 bridgehead atoms. The Morgan fingerprint density at radius 2 is 2.14 bits per heavy atom. The maximum Gasteiger partial charge on any atom is 0.219 e. The predicted octanol–water partition coefficient (Wildman–Crippen LogP) is 4.93. The number of nitrogens with one attached hydrogen (secondary N) is 1. The minimum atomic E-state index is -0.331. The lowest BCUT2D eigenvalue weighted by Gasteiger charge is -2.10. The first-order valence-corrected chi connectivity index (χ1v) is 7.76. The van der Waals surface area contributed by atoms with E-state index in [0.29, 0.717) is 27.7 Å². The third kappa shape index (κ3) is 4.66. The zero-order valence-electron chi connectivity index (χ0n) is 11.5. The maximum atomic E-state index is 13.0. The molecule has 0 aliphatic heterocycles. The number of ether oxygens (including phenoxy) is 1. The van der Waals surface area contributed by atoms with Crippen LogP contribution in [0.3, 0.4) is 0 Å². The van der Waals surface area contributed by atoms with Gasteiger partial charge < -0.3 is 10.1 Å². The Balaban J connectivity index is 2.14. The van der Waals surface area contributed by atoms with Gasteiger partial charge in [0.1, 0.15) is 11.6 Å². The zero-order valence-corrected chi connectivity index (χ0v) is 13.8. The summed E-state index contributed by atoms with van der Waals surface area (Å²) >= 11 is 9.37. The molecule has 3 nitrogen and oxygen atoms in total. The number of rotatable bonds is 6. The van der Waals surface area contributed by atoms with Gasteiger partial charge in [0.15, 0.2) is 0 Å². The van der Waals surface area contributed by atoms with Crippen LogP contribution in [0.4, 0.5) is 4.39 Å². The van der Waals surface area contributed by atoms with Crippen LogP contribution in [-0.4, -0.2) is 11.5 Å². The molecular formula is C15H15BrClFN2O. The zero-order chi connectivity index (χ0) is 15.2. The van der Waals surface area contributed by atoms with E-state index in [0.717, 1.165) is 18.7 Å². The van der Waals surface area contributed by atoms with Crippen LogP contribution in [0.5, 0.6) is 11.6 Å². The molecule has 2 rings (SSSR count). The van der Waals surface area contributed by atoms with Crippen molar-refractivity contribution in [2.45, 2.75) is 19.9 Å². The first kappa shape index (κ1) is 16.2. The highest BCUT2D eigenvalue weighted by Crippen LogP contribution is 2.30. The van der Waals surface area contributed by atoms with Gasteiger partial charge in [0.05, 0.1) is 15.2 Å². The van der Waals surface area contributed by atoms with Crippen LogP contribution in [0.15, 0.2) is 34.8 Å². The number of hydrogen-bond acceptors (Lipinski definition) is 3. The largest absolute Gasteiger partial charge is 0.438 e. The quantitative estimate of drug-likeness (QED) is 0.729. The number of hydrogen-bond donors (Lipinski definition) is 1. The average Bonchev–Trinajstić information content (AvgIpc) is 2.45. The van der Waals surface area contributed by atoms with Crippen LogP contribution in [0.25, 0.3) is 0 Å². The molecule has 0 atom stereocenters. The van der Waals surface area contributed by atoms with Crippen LogP contribution in [0, 0.1) is 5.82 Å². The lowest BCUT2D eigenvalue weighted by Crippen LogP contribution is -2.15. The summed E-state index contributed by atoms with van der Waals surface area (Å²) < 4.78 is 19.2. The van der Waals surface area contributed by atoms with Crippen LogP contribution in [0.1, 0.15) is 19.0 Å². The summed E-state index contributed by atoms with van der Waals surface area (Å²) in [6.07, 6.45) is 1.04. The summed E-state index contributed by atoms with van der Waals surface area (Å²) in [6, 6.07) is 7.64. The Morgan fingerprint density at radius 1 is 1.33 bits per heavy atom. The Bertz CT molecular complexity index is 625. The van der Waals surface area contributed by atoms with E-state index < -0.39 is 0 Å². The van der Waals surface area contributed by atoms with Crippen molar-refractivity contribution in [3.05, 3.63) is 51.3 Å². The SMILES string of the molecule is CCCNCc1nc(Oc2ccc(F)cc2Br)ccc1Cl. The molecule has 0 aliphatic rings. The van der Waals surface area contributed by atoms with Crippen molar-refractivity contribution < 1.29 is 9.13 Å². The van der Waals surface area contributed by atoms with Gasteiger partial charge in [0, 0.05) is 12.6 Å². The molecule has 0 radical (unpaired) electrons. The van der Waals surface area contributed by atoms with Crippen LogP contribution in [-0.2, 0) is 6.54 Å². The van der Waals surface area contributed by atoms with E-state index in [1.165, 1.54) is 12.1 Å². The average molecular weight is 374 g/mol. The molecule has 0 fully saturated rings. The van der Waals surface area contributed by atoms with Gasteiger partial charge in [-0.2, -0.15) is 0 Å². The van der Waals surface area contributed by atoms with Gasteiger partial charge in [-0.3, -0.25) is 0 Å². The van der Waals surface area contributed by atoms with Gasteiger partial charge in [0.25, 0.3) is 0 Å². The Labute approximate surface area is 136 Å². The fraction of sp³-hybridized carbons (Fsp3) is 0.267.